The molecule has 2 aromatic rings. The zero-order chi connectivity index (χ0) is 15.6. The Bertz CT molecular complexity index is 662. The van der Waals surface area contributed by atoms with Crippen LogP contribution in [0.4, 0.5) is 4.39 Å². The second-order valence-electron chi connectivity index (χ2n) is 5.25. The first-order valence-electron chi connectivity index (χ1n) is 7.09. The van der Waals surface area contributed by atoms with Gasteiger partial charge in [-0.3, -0.25) is 4.79 Å². The van der Waals surface area contributed by atoms with Crippen molar-refractivity contribution in [2.45, 2.75) is 33.6 Å². The number of hydrogen-bond acceptors (Lipinski definition) is 2. The fourth-order valence-corrected chi connectivity index (χ4v) is 2.41. The third kappa shape index (κ3) is 2.96. The number of benzene rings is 1. The molecule has 21 heavy (non-hydrogen) atoms. The summed E-state index contributed by atoms with van der Waals surface area (Å²) in [6.45, 7) is 8.22. The summed E-state index contributed by atoms with van der Waals surface area (Å²) in [6, 6.07) is 6.22. The second-order valence-corrected chi connectivity index (χ2v) is 5.25. The van der Waals surface area contributed by atoms with Gasteiger partial charge in [0, 0.05) is 6.54 Å². The van der Waals surface area contributed by atoms with Crippen molar-refractivity contribution >= 4 is 5.91 Å². The van der Waals surface area contributed by atoms with Crippen molar-refractivity contribution in [3.63, 3.8) is 0 Å². The predicted molar refractivity (Wildman–Crippen MR) is 80.4 cm³/mol. The fraction of sp³-hybridized carbons (Fsp3) is 0.375. The highest BCUT2D eigenvalue weighted by atomic mass is 19.1. The SMILES string of the molecule is CCNC(=O)c1c(C)nn(-c2cccc(F)c2)c1C(C)C. The maximum atomic E-state index is 13.5. The number of amides is 1. The van der Waals surface area contributed by atoms with Crippen LogP contribution >= 0.6 is 0 Å². The van der Waals surface area contributed by atoms with Gasteiger partial charge in [0.2, 0.25) is 0 Å². The molecule has 0 saturated heterocycles. The molecule has 0 aliphatic rings. The van der Waals surface area contributed by atoms with E-state index < -0.39 is 0 Å². The van der Waals surface area contributed by atoms with Crippen LogP contribution in [0.15, 0.2) is 24.3 Å². The van der Waals surface area contributed by atoms with Crippen LogP contribution in [0.5, 0.6) is 0 Å². The van der Waals surface area contributed by atoms with Crippen molar-refractivity contribution in [2.24, 2.45) is 0 Å². The molecule has 0 saturated carbocycles. The standard InChI is InChI=1S/C16H20FN3O/c1-5-18-16(21)14-11(4)19-20(15(14)10(2)3)13-8-6-7-12(17)9-13/h6-10H,5H2,1-4H3,(H,18,21). The lowest BCUT2D eigenvalue weighted by molar-refractivity contribution is 0.0954. The highest BCUT2D eigenvalue weighted by Crippen LogP contribution is 2.26. The molecule has 0 radical (unpaired) electrons. The quantitative estimate of drug-likeness (QED) is 0.939. The van der Waals surface area contributed by atoms with Gasteiger partial charge in [-0.2, -0.15) is 5.10 Å². The van der Waals surface area contributed by atoms with Crippen molar-refractivity contribution in [2.75, 3.05) is 6.54 Å². The highest BCUT2D eigenvalue weighted by Gasteiger charge is 2.23. The van der Waals surface area contributed by atoms with Gasteiger partial charge in [-0.05, 0) is 38.0 Å². The van der Waals surface area contributed by atoms with Gasteiger partial charge in [-0.25, -0.2) is 9.07 Å². The molecule has 1 heterocycles. The summed E-state index contributed by atoms with van der Waals surface area (Å²) < 4.78 is 15.1. The van der Waals surface area contributed by atoms with Crippen LogP contribution in [-0.4, -0.2) is 22.2 Å². The Morgan fingerprint density at radius 3 is 2.71 bits per heavy atom. The minimum absolute atomic E-state index is 0.0899. The first-order chi connectivity index (χ1) is 9.95. The first-order valence-corrected chi connectivity index (χ1v) is 7.09. The Labute approximate surface area is 124 Å². The van der Waals surface area contributed by atoms with E-state index in [2.05, 4.69) is 10.4 Å². The number of carbonyl (C=O) groups is 1. The third-order valence-corrected chi connectivity index (χ3v) is 3.26. The molecule has 1 amide bonds. The molecule has 0 aliphatic carbocycles. The van der Waals surface area contributed by atoms with Crippen LogP contribution in [0.1, 0.15) is 48.4 Å². The average molecular weight is 289 g/mol. The normalized spacial score (nSPS) is 11.0. The van der Waals surface area contributed by atoms with E-state index in [4.69, 9.17) is 0 Å². The lowest BCUT2D eigenvalue weighted by Gasteiger charge is -2.12. The van der Waals surface area contributed by atoms with Crippen LogP contribution in [0.2, 0.25) is 0 Å². The van der Waals surface area contributed by atoms with E-state index in [1.54, 1.807) is 23.7 Å². The highest BCUT2D eigenvalue weighted by molar-refractivity contribution is 5.96. The number of aryl methyl sites for hydroxylation is 1. The van der Waals surface area contributed by atoms with Gasteiger partial charge in [0.25, 0.3) is 5.91 Å². The molecule has 1 N–H and O–H groups in total. The summed E-state index contributed by atoms with van der Waals surface area (Å²) in [5.74, 6) is -0.372. The van der Waals surface area contributed by atoms with Crippen LogP contribution < -0.4 is 5.32 Å². The molecule has 0 aliphatic heterocycles. The van der Waals surface area contributed by atoms with E-state index in [9.17, 15) is 9.18 Å². The first kappa shape index (κ1) is 15.2. The van der Waals surface area contributed by atoms with Gasteiger partial charge in [0.15, 0.2) is 0 Å². The topological polar surface area (TPSA) is 46.9 Å². The van der Waals surface area contributed by atoms with E-state index in [-0.39, 0.29) is 17.6 Å². The van der Waals surface area contributed by atoms with Gasteiger partial charge in [-0.15, -0.1) is 0 Å². The summed E-state index contributed by atoms with van der Waals surface area (Å²) in [6.07, 6.45) is 0. The largest absolute Gasteiger partial charge is 0.352 e. The molecule has 112 valence electrons. The number of carbonyl (C=O) groups excluding carboxylic acids is 1. The summed E-state index contributed by atoms with van der Waals surface area (Å²) in [7, 11) is 0. The number of nitrogens with zero attached hydrogens (tertiary/aromatic N) is 2. The van der Waals surface area contributed by atoms with Gasteiger partial charge >= 0.3 is 0 Å². The molecular weight excluding hydrogens is 269 g/mol. The van der Waals surface area contributed by atoms with Crippen molar-refractivity contribution in [1.29, 1.82) is 0 Å². The third-order valence-electron chi connectivity index (χ3n) is 3.26. The summed E-state index contributed by atoms with van der Waals surface area (Å²) in [4.78, 5) is 12.3. The van der Waals surface area contributed by atoms with Gasteiger partial charge in [0.05, 0.1) is 22.6 Å². The van der Waals surface area contributed by atoms with E-state index in [1.807, 2.05) is 20.8 Å². The van der Waals surface area contributed by atoms with Gasteiger partial charge < -0.3 is 5.32 Å². The number of nitrogens with one attached hydrogen (secondary N) is 1. The fourth-order valence-electron chi connectivity index (χ4n) is 2.41. The Morgan fingerprint density at radius 2 is 2.14 bits per heavy atom. The van der Waals surface area contributed by atoms with Crippen LogP contribution in [0.25, 0.3) is 5.69 Å². The molecule has 0 atom stereocenters. The molecule has 5 heteroatoms. The molecule has 4 nitrogen and oxygen atoms in total. The minimum Gasteiger partial charge on any atom is -0.352 e. The Kier molecular flexibility index (Phi) is 4.40. The number of aromatic nitrogens is 2. The predicted octanol–water partition coefficient (Wildman–Crippen LogP) is 3.19. The number of hydrogen-bond donors (Lipinski definition) is 1. The van der Waals surface area contributed by atoms with E-state index in [0.29, 0.717) is 23.5 Å². The zero-order valence-corrected chi connectivity index (χ0v) is 12.8. The van der Waals surface area contributed by atoms with E-state index in [0.717, 1.165) is 5.69 Å². The average Bonchev–Trinajstić information content (AvgIpc) is 2.77. The van der Waals surface area contributed by atoms with E-state index >= 15 is 0 Å². The minimum atomic E-state index is -0.324. The maximum absolute atomic E-state index is 13.5. The van der Waals surface area contributed by atoms with Crippen molar-refractivity contribution in [3.05, 3.63) is 47.0 Å². The summed E-state index contributed by atoms with van der Waals surface area (Å²) in [5, 5.41) is 7.24. The van der Waals surface area contributed by atoms with Crippen LogP contribution in [0.3, 0.4) is 0 Å². The number of halogens is 1. The molecule has 0 spiro atoms. The Hall–Kier alpha value is -2.17. The molecular formula is C16H20FN3O. The zero-order valence-electron chi connectivity index (χ0n) is 12.8. The van der Waals surface area contributed by atoms with Crippen molar-refractivity contribution in [1.82, 2.24) is 15.1 Å². The maximum Gasteiger partial charge on any atom is 0.255 e. The monoisotopic (exact) mass is 289 g/mol. The Balaban J connectivity index is 2.63. The van der Waals surface area contributed by atoms with Crippen LogP contribution in [0, 0.1) is 12.7 Å². The van der Waals surface area contributed by atoms with E-state index in [1.165, 1.54) is 12.1 Å². The lowest BCUT2D eigenvalue weighted by atomic mass is 10.0. The number of rotatable bonds is 4. The van der Waals surface area contributed by atoms with Crippen molar-refractivity contribution in [3.8, 4) is 5.69 Å². The lowest BCUT2D eigenvalue weighted by Crippen LogP contribution is -2.24. The van der Waals surface area contributed by atoms with Gasteiger partial charge in [0.1, 0.15) is 5.82 Å². The molecule has 0 bridgehead atoms. The molecule has 0 unspecified atom stereocenters. The molecule has 1 aromatic carbocycles. The molecule has 1 aromatic heterocycles. The molecule has 0 fully saturated rings. The smallest absolute Gasteiger partial charge is 0.255 e. The van der Waals surface area contributed by atoms with Crippen LogP contribution in [-0.2, 0) is 0 Å². The summed E-state index contributed by atoms with van der Waals surface area (Å²) in [5.41, 5.74) is 2.64. The van der Waals surface area contributed by atoms with Crippen molar-refractivity contribution < 1.29 is 9.18 Å². The summed E-state index contributed by atoms with van der Waals surface area (Å²) >= 11 is 0. The molecule has 2 rings (SSSR count). The Morgan fingerprint density at radius 1 is 1.43 bits per heavy atom. The van der Waals surface area contributed by atoms with Gasteiger partial charge in [-0.1, -0.05) is 19.9 Å². The second kappa shape index (κ2) is 6.08.